The van der Waals surface area contributed by atoms with Crippen LogP contribution in [0.1, 0.15) is 48.9 Å². The fourth-order valence-electron chi connectivity index (χ4n) is 3.29. The zero-order chi connectivity index (χ0) is 21.4. The van der Waals surface area contributed by atoms with E-state index in [1.54, 1.807) is 11.0 Å². The van der Waals surface area contributed by atoms with E-state index in [0.717, 1.165) is 23.1 Å². The summed E-state index contributed by atoms with van der Waals surface area (Å²) in [4.78, 5) is 27.7. The standard InChI is InChI=1S/C24H31ClN2O2/c1-5-13-26-24(29)22(6-2)27(16-20-9-7-8-10-21(20)25)23(28)15-19-12-11-17(3)18(4)14-19/h7-12,14,22H,5-6,13,15-16H2,1-4H3,(H,26,29)/t22-/m0/s1. The molecule has 2 aromatic rings. The molecule has 0 aromatic heterocycles. The second-order valence-electron chi connectivity index (χ2n) is 7.42. The summed E-state index contributed by atoms with van der Waals surface area (Å²) in [7, 11) is 0. The van der Waals surface area contributed by atoms with Crippen LogP contribution in [-0.4, -0.2) is 29.3 Å². The molecule has 1 N–H and O–H groups in total. The highest BCUT2D eigenvalue weighted by molar-refractivity contribution is 6.31. The Kier molecular flexibility index (Phi) is 8.71. The van der Waals surface area contributed by atoms with Crippen molar-refractivity contribution < 1.29 is 9.59 Å². The number of nitrogens with one attached hydrogen (secondary N) is 1. The first-order valence-corrected chi connectivity index (χ1v) is 10.6. The van der Waals surface area contributed by atoms with E-state index in [9.17, 15) is 9.59 Å². The SMILES string of the molecule is CCCNC(=O)[C@H](CC)N(Cc1ccccc1Cl)C(=O)Cc1ccc(C)c(C)c1. The zero-order valence-corrected chi connectivity index (χ0v) is 18.6. The maximum atomic E-state index is 13.3. The molecule has 0 unspecified atom stereocenters. The number of nitrogens with zero attached hydrogens (tertiary/aromatic N) is 1. The van der Waals surface area contributed by atoms with Gasteiger partial charge in [0.25, 0.3) is 0 Å². The number of carbonyl (C=O) groups is 2. The highest BCUT2D eigenvalue weighted by Crippen LogP contribution is 2.21. The van der Waals surface area contributed by atoms with Gasteiger partial charge in [-0.1, -0.05) is 61.8 Å². The average Bonchev–Trinajstić information content (AvgIpc) is 2.70. The van der Waals surface area contributed by atoms with Crippen molar-refractivity contribution in [3.63, 3.8) is 0 Å². The van der Waals surface area contributed by atoms with Crippen molar-refractivity contribution in [2.45, 2.75) is 59.5 Å². The van der Waals surface area contributed by atoms with Gasteiger partial charge in [-0.2, -0.15) is 0 Å². The fourth-order valence-corrected chi connectivity index (χ4v) is 3.48. The van der Waals surface area contributed by atoms with Crippen LogP contribution in [0.15, 0.2) is 42.5 Å². The highest BCUT2D eigenvalue weighted by Gasteiger charge is 2.28. The van der Waals surface area contributed by atoms with Gasteiger partial charge < -0.3 is 10.2 Å². The molecule has 1 atom stereocenters. The third-order valence-corrected chi connectivity index (χ3v) is 5.53. The highest BCUT2D eigenvalue weighted by atomic mass is 35.5. The Morgan fingerprint density at radius 2 is 1.79 bits per heavy atom. The van der Waals surface area contributed by atoms with Gasteiger partial charge in [-0.15, -0.1) is 0 Å². The number of benzene rings is 2. The molecule has 0 aliphatic heterocycles. The number of rotatable bonds is 9. The van der Waals surface area contributed by atoms with Crippen LogP contribution in [0.4, 0.5) is 0 Å². The van der Waals surface area contributed by atoms with Crippen LogP contribution in [0.5, 0.6) is 0 Å². The molecule has 29 heavy (non-hydrogen) atoms. The lowest BCUT2D eigenvalue weighted by molar-refractivity contribution is -0.140. The molecule has 2 aromatic carbocycles. The number of amides is 2. The summed E-state index contributed by atoms with van der Waals surface area (Å²) < 4.78 is 0. The average molecular weight is 415 g/mol. The molecule has 0 saturated heterocycles. The lowest BCUT2D eigenvalue weighted by Gasteiger charge is -2.31. The Bertz CT molecular complexity index is 851. The van der Waals surface area contributed by atoms with E-state index >= 15 is 0 Å². The van der Waals surface area contributed by atoms with Crippen LogP contribution in [0, 0.1) is 13.8 Å². The van der Waals surface area contributed by atoms with Gasteiger partial charge in [-0.3, -0.25) is 9.59 Å². The molecule has 2 rings (SSSR count). The van der Waals surface area contributed by atoms with Gasteiger partial charge >= 0.3 is 0 Å². The van der Waals surface area contributed by atoms with Gasteiger partial charge in [0.2, 0.25) is 11.8 Å². The predicted octanol–water partition coefficient (Wildman–Crippen LogP) is 4.83. The Hall–Kier alpha value is -2.33. The van der Waals surface area contributed by atoms with Crippen LogP contribution in [0.2, 0.25) is 5.02 Å². The molecule has 0 aliphatic rings. The summed E-state index contributed by atoms with van der Waals surface area (Å²) >= 11 is 6.34. The normalized spacial score (nSPS) is 11.8. The minimum absolute atomic E-state index is 0.0772. The van der Waals surface area contributed by atoms with Crippen LogP contribution in [0.25, 0.3) is 0 Å². The van der Waals surface area contributed by atoms with Crippen molar-refractivity contribution in [1.29, 1.82) is 0 Å². The molecule has 0 spiro atoms. The largest absolute Gasteiger partial charge is 0.354 e. The molecule has 0 aliphatic carbocycles. The van der Waals surface area contributed by atoms with Crippen LogP contribution in [-0.2, 0) is 22.6 Å². The van der Waals surface area contributed by atoms with E-state index in [1.807, 2.05) is 57.2 Å². The number of hydrogen-bond acceptors (Lipinski definition) is 2. The molecular weight excluding hydrogens is 384 g/mol. The molecule has 5 heteroatoms. The molecule has 0 heterocycles. The molecule has 0 radical (unpaired) electrons. The second kappa shape index (κ2) is 11.0. The van der Waals surface area contributed by atoms with Crippen molar-refractivity contribution in [3.05, 3.63) is 69.7 Å². The monoisotopic (exact) mass is 414 g/mol. The molecule has 0 saturated carbocycles. The summed E-state index contributed by atoms with van der Waals surface area (Å²) in [5, 5.41) is 3.53. The maximum Gasteiger partial charge on any atom is 0.242 e. The van der Waals surface area contributed by atoms with Crippen LogP contribution in [0.3, 0.4) is 0 Å². The van der Waals surface area contributed by atoms with E-state index < -0.39 is 6.04 Å². The van der Waals surface area contributed by atoms with E-state index in [2.05, 4.69) is 12.2 Å². The molecule has 2 amide bonds. The predicted molar refractivity (Wildman–Crippen MR) is 119 cm³/mol. The van der Waals surface area contributed by atoms with Gasteiger partial charge in [0, 0.05) is 18.1 Å². The minimum atomic E-state index is -0.531. The van der Waals surface area contributed by atoms with Crippen molar-refractivity contribution in [3.8, 4) is 0 Å². The van der Waals surface area contributed by atoms with Gasteiger partial charge in [0.15, 0.2) is 0 Å². The summed E-state index contributed by atoms with van der Waals surface area (Å²) in [6, 6.07) is 13.0. The smallest absolute Gasteiger partial charge is 0.242 e. The van der Waals surface area contributed by atoms with E-state index in [0.29, 0.717) is 24.5 Å². The summed E-state index contributed by atoms with van der Waals surface area (Å²) in [5.41, 5.74) is 4.13. The summed E-state index contributed by atoms with van der Waals surface area (Å²) in [5.74, 6) is -0.193. The lowest BCUT2D eigenvalue weighted by atomic mass is 10.0. The maximum absolute atomic E-state index is 13.3. The molecule has 156 valence electrons. The zero-order valence-electron chi connectivity index (χ0n) is 17.8. The molecule has 0 bridgehead atoms. The van der Waals surface area contributed by atoms with Crippen LogP contribution < -0.4 is 5.32 Å². The first-order chi connectivity index (χ1) is 13.9. The summed E-state index contributed by atoms with van der Waals surface area (Å²) in [6.45, 7) is 8.93. The second-order valence-corrected chi connectivity index (χ2v) is 7.83. The van der Waals surface area contributed by atoms with E-state index in [4.69, 9.17) is 11.6 Å². The van der Waals surface area contributed by atoms with E-state index in [-0.39, 0.29) is 18.2 Å². The van der Waals surface area contributed by atoms with Gasteiger partial charge in [-0.25, -0.2) is 0 Å². The topological polar surface area (TPSA) is 49.4 Å². The number of halogens is 1. The van der Waals surface area contributed by atoms with Gasteiger partial charge in [0.1, 0.15) is 6.04 Å². The fraction of sp³-hybridized carbons (Fsp3) is 0.417. The van der Waals surface area contributed by atoms with Crippen molar-refractivity contribution in [2.75, 3.05) is 6.54 Å². The Morgan fingerprint density at radius 3 is 2.41 bits per heavy atom. The first kappa shape index (κ1) is 23.0. The van der Waals surface area contributed by atoms with Gasteiger partial charge in [0.05, 0.1) is 6.42 Å². The Labute approximate surface area is 179 Å². The minimum Gasteiger partial charge on any atom is -0.354 e. The Balaban J connectivity index is 2.30. The first-order valence-electron chi connectivity index (χ1n) is 10.2. The van der Waals surface area contributed by atoms with E-state index in [1.165, 1.54) is 5.56 Å². The number of carbonyl (C=O) groups excluding carboxylic acids is 2. The van der Waals surface area contributed by atoms with Crippen molar-refractivity contribution >= 4 is 23.4 Å². The van der Waals surface area contributed by atoms with Crippen molar-refractivity contribution in [1.82, 2.24) is 10.2 Å². The lowest BCUT2D eigenvalue weighted by Crippen LogP contribution is -2.49. The molecule has 0 fully saturated rings. The molecule has 4 nitrogen and oxygen atoms in total. The number of hydrogen-bond donors (Lipinski definition) is 1. The number of aryl methyl sites for hydroxylation is 2. The third-order valence-electron chi connectivity index (χ3n) is 5.16. The van der Waals surface area contributed by atoms with Crippen LogP contribution >= 0.6 is 11.6 Å². The summed E-state index contributed by atoms with van der Waals surface area (Å²) in [6.07, 6.45) is 1.64. The van der Waals surface area contributed by atoms with Gasteiger partial charge in [-0.05, 0) is 55.0 Å². The Morgan fingerprint density at radius 1 is 1.07 bits per heavy atom. The van der Waals surface area contributed by atoms with Crippen molar-refractivity contribution in [2.24, 2.45) is 0 Å². The quantitative estimate of drug-likeness (QED) is 0.638. The third kappa shape index (κ3) is 6.33. The molecular formula is C24H31ClN2O2.